The van der Waals surface area contributed by atoms with Crippen molar-refractivity contribution < 1.29 is 14.6 Å². The molecule has 0 spiro atoms. The number of carbonyl (C=O) groups excluding carboxylic acids is 1. The number of carbonyl (C=O) groups is 1. The molecule has 1 aliphatic heterocycles. The molecule has 1 unspecified atom stereocenters. The summed E-state index contributed by atoms with van der Waals surface area (Å²) < 4.78 is 5.89. The van der Waals surface area contributed by atoms with Crippen LogP contribution in [0.25, 0.3) is 0 Å². The van der Waals surface area contributed by atoms with Crippen LogP contribution >= 0.6 is 24.0 Å². The Morgan fingerprint density at radius 1 is 0.914 bits per heavy atom. The van der Waals surface area contributed by atoms with Gasteiger partial charge in [-0.2, -0.15) is 0 Å². The van der Waals surface area contributed by atoms with Crippen molar-refractivity contribution >= 4 is 35.5 Å². The smallest absolute Gasteiger partial charge is 0.166 e. The zero-order valence-electron chi connectivity index (χ0n) is 19.7. The van der Waals surface area contributed by atoms with Crippen LogP contribution < -0.4 is 9.64 Å². The highest BCUT2D eigenvalue weighted by molar-refractivity contribution is 6.33. The second kappa shape index (κ2) is 13.5. The molecule has 1 atom stereocenters. The second-order valence-electron chi connectivity index (χ2n) is 8.61. The number of nitrogens with zero attached hydrogens (tertiary/aromatic N) is 2. The predicted molar refractivity (Wildman–Crippen MR) is 144 cm³/mol. The minimum Gasteiger partial charge on any atom is -0.490 e. The van der Waals surface area contributed by atoms with Crippen molar-refractivity contribution in [3.63, 3.8) is 0 Å². The first kappa shape index (κ1) is 27.0. The van der Waals surface area contributed by atoms with E-state index in [9.17, 15) is 9.90 Å². The number of para-hydroxylation sites is 2. The van der Waals surface area contributed by atoms with Crippen LogP contribution in [0.4, 0.5) is 5.69 Å². The molecule has 0 aliphatic carbocycles. The summed E-state index contributed by atoms with van der Waals surface area (Å²) in [7, 11) is 0. The first-order chi connectivity index (χ1) is 16.6. The number of β-amino-alcohol motifs (C(OH)–C–C–N with tert-alkyl or cyclic N) is 1. The van der Waals surface area contributed by atoms with Crippen molar-refractivity contribution in [1.82, 2.24) is 4.90 Å². The molecule has 5 nitrogen and oxygen atoms in total. The summed E-state index contributed by atoms with van der Waals surface area (Å²) in [5.41, 5.74) is 2.76. The molecular weight excluding hydrogens is 483 g/mol. The van der Waals surface area contributed by atoms with E-state index in [-0.39, 0.29) is 24.8 Å². The van der Waals surface area contributed by atoms with Crippen LogP contribution in [0.5, 0.6) is 5.75 Å². The Morgan fingerprint density at radius 3 is 2.31 bits per heavy atom. The number of hydrogen-bond donors (Lipinski definition) is 1. The molecule has 0 bridgehead atoms. The number of ketones is 1. The number of rotatable bonds is 10. The number of aliphatic hydroxyl groups is 1. The van der Waals surface area contributed by atoms with Crippen molar-refractivity contribution in [2.45, 2.75) is 18.9 Å². The molecule has 0 saturated carbocycles. The average molecular weight is 515 g/mol. The fourth-order valence-corrected chi connectivity index (χ4v) is 4.53. The number of hydrogen-bond acceptors (Lipinski definition) is 5. The molecule has 1 aliphatic rings. The highest BCUT2D eigenvalue weighted by Crippen LogP contribution is 2.26. The van der Waals surface area contributed by atoms with Gasteiger partial charge in [-0.05, 0) is 36.2 Å². The van der Waals surface area contributed by atoms with Gasteiger partial charge in [-0.1, -0.05) is 66.2 Å². The Kier molecular flexibility index (Phi) is 10.4. The summed E-state index contributed by atoms with van der Waals surface area (Å²) in [4.78, 5) is 17.3. The van der Waals surface area contributed by atoms with Gasteiger partial charge < -0.3 is 14.7 Å². The molecular formula is C28H32Cl2N2O3. The van der Waals surface area contributed by atoms with Gasteiger partial charge in [0.05, 0.1) is 16.3 Å². The van der Waals surface area contributed by atoms with E-state index in [4.69, 9.17) is 16.3 Å². The highest BCUT2D eigenvalue weighted by atomic mass is 35.5. The summed E-state index contributed by atoms with van der Waals surface area (Å²) in [6, 6.07) is 25.2. The van der Waals surface area contributed by atoms with Crippen LogP contribution in [0.1, 0.15) is 22.3 Å². The number of aliphatic hydroxyl groups excluding tert-OH is 1. The second-order valence-corrected chi connectivity index (χ2v) is 9.02. The van der Waals surface area contributed by atoms with Crippen LogP contribution in [0.3, 0.4) is 0 Å². The number of benzene rings is 3. The van der Waals surface area contributed by atoms with Crippen molar-refractivity contribution in [2.75, 3.05) is 44.2 Å². The molecule has 3 aromatic rings. The number of aryl methyl sites for hydroxylation is 1. The molecule has 0 amide bonds. The topological polar surface area (TPSA) is 53.0 Å². The van der Waals surface area contributed by atoms with Gasteiger partial charge in [-0.15, -0.1) is 12.4 Å². The number of anilines is 1. The van der Waals surface area contributed by atoms with Crippen LogP contribution in [0.2, 0.25) is 5.02 Å². The summed E-state index contributed by atoms with van der Waals surface area (Å²) in [5, 5.41) is 11.4. The van der Waals surface area contributed by atoms with Gasteiger partial charge in [0.1, 0.15) is 18.5 Å². The van der Waals surface area contributed by atoms with Crippen molar-refractivity contribution in [3.8, 4) is 5.75 Å². The first-order valence-electron chi connectivity index (χ1n) is 11.8. The van der Waals surface area contributed by atoms with E-state index in [0.29, 0.717) is 30.7 Å². The van der Waals surface area contributed by atoms with Gasteiger partial charge in [0.15, 0.2) is 5.78 Å². The number of halogens is 2. The first-order valence-corrected chi connectivity index (χ1v) is 12.2. The monoisotopic (exact) mass is 514 g/mol. The van der Waals surface area contributed by atoms with Crippen LogP contribution in [0.15, 0.2) is 78.9 Å². The lowest BCUT2D eigenvalue weighted by Gasteiger charge is -2.37. The maximum Gasteiger partial charge on any atom is 0.166 e. The van der Waals surface area contributed by atoms with E-state index < -0.39 is 6.10 Å². The molecule has 7 heteroatoms. The van der Waals surface area contributed by atoms with E-state index in [0.717, 1.165) is 42.5 Å². The Labute approximate surface area is 218 Å². The fraction of sp³-hybridized carbons (Fsp3) is 0.321. The van der Waals surface area contributed by atoms with Gasteiger partial charge >= 0.3 is 0 Å². The van der Waals surface area contributed by atoms with Gasteiger partial charge in [0, 0.05) is 39.1 Å². The van der Waals surface area contributed by atoms with E-state index in [2.05, 4.69) is 9.80 Å². The summed E-state index contributed by atoms with van der Waals surface area (Å²) in [5.74, 6) is 0.577. The van der Waals surface area contributed by atoms with Crippen molar-refractivity contribution in [1.29, 1.82) is 0 Å². The van der Waals surface area contributed by atoms with Crippen LogP contribution in [0, 0.1) is 0 Å². The lowest BCUT2D eigenvalue weighted by molar-refractivity contribution is 0.0655. The maximum absolute atomic E-state index is 12.8. The molecule has 3 aromatic carbocycles. The normalized spacial score (nSPS) is 14.7. The summed E-state index contributed by atoms with van der Waals surface area (Å²) in [6.07, 6.45) is 0.471. The van der Waals surface area contributed by atoms with Gasteiger partial charge in [-0.3, -0.25) is 9.69 Å². The van der Waals surface area contributed by atoms with Gasteiger partial charge in [0.2, 0.25) is 0 Å². The summed E-state index contributed by atoms with van der Waals surface area (Å²) >= 11 is 6.33. The molecule has 0 radical (unpaired) electrons. The third kappa shape index (κ3) is 7.71. The average Bonchev–Trinajstić information content (AvgIpc) is 2.88. The number of Topliss-reactive ketones (excluding diaryl/α,β-unsaturated/α-hetero) is 1. The Morgan fingerprint density at radius 2 is 1.57 bits per heavy atom. The molecule has 1 saturated heterocycles. The molecule has 1 fully saturated rings. The maximum atomic E-state index is 12.8. The molecule has 0 aromatic heterocycles. The Bertz CT molecular complexity index is 1070. The Balaban J connectivity index is 0.00000342. The van der Waals surface area contributed by atoms with E-state index in [1.54, 1.807) is 12.1 Å². The van der Waals surface area contributed by atoms with E-state index in [1.165, 1.54) is 0 Å². The highest BCUT2D eigenvalue weighted by Gasteiger charge is 2.21. The molecule has 4 rings (SSSR count). The van der Waals surface area contributed by atoms with E-state index >= 15 is 0 Å². The minimum atomic E-state index is -0.639. The molecule has 1 N–H and O–H groups in total. The minimum absolute atomic E-state index is 0. The zero-order valence-corrected chi connectivity index (χ0v) is 21.3. The largest absolute Gasteiger partial charge is 0.490 e. The zero-order chi connectivity index (χ0) is 23.8. The fourth-order valence-electron chi connectivity index (χ4n) is 4.28. The standard InChI is InChI=1S/C28H31ClN2O3.ClH/c29-25-11-5-6-12-26(25)31-18-16-30(17-19-31)20-23(32)21-34-28-13-7-4-10-24(28)27(33)15-14-22-8-2-1-3-9-22;/h1-13,23,32H,14-21H2;1H. The predicted octanol–water partition coefficient (Wildman–Crippen LogP) is 5.14. The molecule has 186 valence electrons. The van der Waals surface area contributed by atoms with E-state index in [1.807, 2.05) is 66.7 Å². The third-order valence-corrected chi connectivity index (χ3v) is 6.46. The SMILES string of the molecule is Cl.O=C(CCc1ccccc1)c1ccccc1OCC(O)CN1CCN(c2ccccc2Cl)CC1. The Hall–Kier alpha value is -2.57. The van der Waals surface area contributed by atoms with Crippen molar-refractivity contribution in [3.05, 3.63) is 95.0 Å². The van der Waals surface area contributed by atoms with Gasteiger partial charge in [0.25, 0.3) is 0 Å². The molecule has 35 heavy (non-hydrogen) atoms. The summed E-state index contributed by atoms with van der Waals surface area (Å²) in [6.45, 7) is 4.08. The lowest BCUT2D eigenvalue weighted by atomic mass is 10.0. The number of ether oxygens (including phenoxy) is 1. The van der Waals surface area contributed by atoms with Gasteiger partial charge in [-0.25, -0.2) is 0 Å². The molecule has 1 heterocycles. The lowest BCUT2D eigenvalue weighted by Crippen LogP contribution is -2.49. The quantitative estimate of drug-likeness (QED) is 0.379. The van der Waals surface area contributed by atoms with Crippen LogP contribution in [-0.2, 0) is 6.42 Å². The third-order valence-electron chi connectivity index (χ3n) is 6.14. The van der Waals surface area contributed by atoms with Crippen molar-refractivity contribution in [2.24, 2.45) is 0 Å². The van der Waals surface area contributed by atoms with Crippen LogP contribution in [-0.4, -0.2) is 61.2 Å². The number of piperazine rings is 1.